The lowest BCUT2D eigenvalue weighted by Gasteiger charge is -2.08. The Labute approximate surface area is 88.5 Å². The summed E-state index contributed by atoms with van der Waals surface area (Å²) < 4.78 is 0. The van der Waals surface area contributed by atoms with Crippen molar-refractivity contribution in [3.05, 3.63) is 35.4 Å². The first kappa shape index (κ1) is 9.90. The maximum Gasteiger partial charge on any atom is 0.220 e. The molecule has 0 radical (unpaired) electrons. The van der Waals surface area contributed by atoms with Gasteiger partial charge in [-0.25, -0.2) is 0 Å². The Hall–Kier alpha value is -1.64. The molecule has 1 saturated heterocycles. The average molecular weight is 203 g/mol. The number of nitrogens with one attached hydrogen (secondary N) is 1. The second-order valence-electron chi connectivity index (χ2n) is 3.89. The third kappa shape index (κ3) is 2.06. The third-order valence-electron chi connectivity index (χ3n) is 2.65. The van der Waals surface area contributed by atoms with Crippen LogP contribution < -0.4 is 5.32 Å². The van der Waals surface area contributed by atoms with E-state index in [1.165, 1.54) is 0 Å². The number of carbonyl (C=O) groups is 2. The van der Waals surface area contributed by atoms with Gasteiger partial charge < -0.3 is 5.32 Å². The molecule has 1 aromatic carbocycles. The number of ketones is 1. The van der Waals surface area contributed by atoms with Crippen molar-refractivity contribution < 1.29 is 9.59 Å². The van der Waals surface area contributed by atoms with E-state index in [1.807, 2.05) is 31.2 Å². The molecule has 1 aliphatic rings. The van der Waals surface area contributed by atoms with Gasteiger partial charge in [-0.2, -0.15) is 0 Å². The van der Waals surface area contributed by atoms with Gasteiger partial charge in [0, 0.05) is 12.0 Å². The van der Waals surface area contributed by atoms with Gasteiger partial charge in [-0.05, 0) is 13.3 Å². The van der Waals surface area contributed by atoms with E-state index in [0.29, 0.717) is 18.4 Å². The molecule has 0 aromatic heterocycles. The van der Waals surface area contributed by atoms with Gasteiger partial charge in [-0.1, -0.05) is 29.8 Å². The summed E-state index contributed by atoms with van der Waals surface area (Å²) in [6.45, 7) is 1.98. The minimum Gasteiger partial charge on any atom is -0.346 e. The van der Waals surface area contributed by atoms with Crippen LogP contribution >= 0.6 is 0 Å². The monoisotopic (exact) mass is 203 g/mol. The van der Waals surface area contributed by atoms with Crippen LogP contribution in [-0.2, 0) is 4.79 Å². The van der Waals surface area contributed by atoms with Crippen molar-refractivity contribution >= 4 is 11.7 Å². The lowest BCUT2D eigenvalue weighted by molar-refractivity contribution is -0.119. The maximum absolute atomic E-state index is 11.9. The zero-order valence-electron chi connectivity index (χ0n) is 8.62. The number of carbonyl (C=O) groups excluding carboxylic acids is 2. The van der Waals surface area contributed by atoms with E-state index in [0.717, 1.165) is 5.56 Å². The van der Waals surface area contributed by atoms with Crippen molar-refractivity contribution in [2.45, 2.75) is 25.8 Å². The summed E-state index contributed by atoms with van der Waals surface area (Å²) in [6, 6.07) is 7.11. The highest BCUT2D eigenvalue weighted by atomic mass is 16.2. The molecule has 1 fully saturated rings. The van der Waals surface area contributed by atoms with E-state index in [-0.39, 0.29) is 17.7 Å². The largest absolute Gasteiger partial charge is 0.346 e. The fourth-order valence-electron chi connectivity index (χ4n) is 1.73. The van der Waals surface area contributed by atoms with Gasteiger partial charge >= 0.3 is 0 Å². The Morgan fingerprint density at radius 1 is 1.33 bits per heavy atom. The first-order valence-electron chi connectivity index (χ1n) is 5.07. The number of benzene rings is 1. The zero-order valence-corrected chi connectivity index (χ0v) is 8.62. The summed E-state index contributed by atoms with van der Waals surface area (Å²) in [4.78, 5) is 22.9. The Kier molecular flexibility index (Phi) is 2.54. The third-order valence-corrected chi connectivity index (χ3v) is 2.65. The molecule has 78 valence electrons. The molecule has 1 aliphatic heterocycles. The number of aryl methyl sites for hydroxylation is 1. The van der Waals surface area contributed by atoms with Gasteiger partial charge in [-0.15, -0.1) is 0 Å². The summed E-state index contributed by atoms with van der Waals surface area (Å²) in [6.07, 6.45) is 1.08. The highest BCUT2D eigenvalue weighted by molar-refractivity contribution is 6.03. The van der Waals surface area contributed by atoms with Gasteiger partial charge in [0.05, 0.1) is 6.04 Å². The summed E-state index contributed by atoms with van der Waals surface area (Å²) in [7, 11) is 0. The van der Waals surface area contributed by atoms with E-state index in [4.69, 9.17) is 0 Å². The molecular formula is C12H13NO2. The second kappa shape index (κ2) is 3.85. The van der Waals surface area contributed by atoms with Gasteiger partial charge in [-0.3, -0.25) is 9.59 Å². The first-order chi connectivity index (χ1) is 7.16. The Balaban J connectivity index is 2.14. The molecule has 0 aliphatic carbocycles. The van der Waals surface area contributed by atoms with Gasteiger partial charge in [0.2, 0.25) is 5.91 Å². The van der Waals surface area contributed by atoms with E-state index < -0.39 is 0 Å². The molecular weight excluding hydrogens is 190 g/mol. The molecule has 1 aromatic rings. The summed E-state index contributed by atoms with van der Waals surface area (Å²) in [5.74, 6) is -0.0127. The molecule has 1 amide bonds. The minimum atomic E-state index is -0.319. The van der Waals surface area contributed by atoms with Crippen molar-refractivity contribution in [3.8, 4) is 0 Å². The summed E-state index contributed by atoms with van der Waals surface area (Å²) in [5, 5.41) is 2.68. The Bertz CT molecular complexity index is 395. The fraction of sp³-hybridized carbons (Fsp3) is 0.333. The molecule has 1 heterocycles. The SMILES string of the molecule is Cc1ccc(C(=O)C2CCC(=O)N2)cc1. The predicted molar refractivity (Wildman–Crippen MR) is 56.7 cm³/mol. The maximum atomic E-state index is 11.9. The zero-order chi connectivity index (χ0) is 10.8. The molecule has 3 heteroatoms. The summed E-state index contributed by atoms with van der Waals surface area (Å²) >= 11 is 0. The van der Waals surface area contributed by atoms with Crippen LogP contribution in [0.4, 0.5) is 0 Å². The number of amides is 1. The quantitative estimate of drug-likeness (QED) is 0.739. The normalized spacial score (nSPS) is 20.1. The molecule has 1 atom stereocenters. The number of hydrogen-bond donors (Lipinski definition) is 1. The molecule has 2 rings (SSSR count). The van der Waals surface area contributed by atoms with Crippen LogP contribution in [0.3, 0.4) is 0 Å². The van der Waals surface area contributed by atoms with Crippen LogP contribution in [0, 0.1) is 6.92 Å². The van der Waals surface area contributed by atoms with Crippen LogP contribution in [0.1, 0.15) is 28.8 Å². The van der Waals surface area contributed by atoms with E-state index in [9.17, 15) is 9.59 Å². The van der Waals surface area contributed by atoms with Crippen LogP contribution in [0.15, 0.2) is 24.3 Å². The van der Waals surface area contributed by atoms with Crippen LogP contribution in [0.2, 0.25) is 0 Å². The van der Waals surface area contributed by atoms with E-state index >= 15 is 0 Å². The fourth-order valence-corrected chi connectivity index (χ4v) is 1.73. The molecule has 1 N–H and O–H groups in total. The number of Topliss-reactive ketones (excluding diaryl/α,β-unsaturated/α-hetero) is 1. The molecule has 0 saturated carbocycles. The predicted octanol–water partition coefficient (Wildman–Crippen LogP) is 1.46. The van der Waals surface area contributed by atoms with Crippen LogP contribution in [0.5, 0.6) is 0 Å². The molecule has 0 spiro atoms. The lowest BCUT2D eigenvalue weighted by atomic mass is 10.0. The molecule has 1 unspecified atom stereocenters. The topological polar surface area (TPSA) is 46.2 Å². The van der Waals surface area contributed by atoms with Crippen molar-refractivity contribution in [3.63, 3.8) is 0 Å². The first-order valence-corrected chi connectivity index (χ1v) is 5.07. The van der Waals surface area contributed by atoms with Gasteiger partial charge in [0.1, 0.15) is 0 Å². The highest BCUT2D eigenvalue weighted by Crippen LogP contribution is 2.13. The number of hydrogen-bond acceptors (Lipinski definition) is 2. The van der Waals surface area contributed by atoms with Gasteiger partial charge in [0.25, 0.3) is 0 Å². The van der Waals surface area contributed by atoms with Crippen molar-refractivity contribution in [2.75, 3.05) is 0 Å². The van der Waals surface area contributed by atoms with Crippen molar-refractivity contribution in [2.24, 2.45) is 0 Å². The Morgan fingerprint density at radius 2 is 2.00 bits per heavy atom. The molecule has 15 heavy (non-hydrogen) atoms. The Morgan fingerprint density at radius 3 is 2.53 bits per heavy atom. The van der Waals surface area contributed by atoms with Crippen molar-refractivity contribution in [1.29, 1.82) is 0 Å². The van der Waals surface area contributed by atoms with Gasteiger partial charge in [0.15, 0.2) is 5.78 Å². The van der Waals surface area contributed by atoms with Crippen molar-refractivity contribution in [1.82, 2.24) is 5.32 Å². The second-order valence-corrected chi connectivity index (χ2v) is 3.89. The van der Waals surface area contributed by atoms with Crippen LogP contribution in [0.25, 0.3) is 0 Å². The highest BCUT2D eigenvalue weighted by Gasteiger charge is 2.27. The lowest BCUT2D eigenvalue weighted by Crippen LogP contribution is -2.33. The summed E-state index contributed by atoms with van der Waals surface area (Å²) in [5.41, 5.74) is 1.80. The average Bonchev–Trinajstić information content (AvgIpc) is 2.65. The van der Waals surface area contributed by atoms with Crippen LogP contribution in [-0.4, -0.2) is 17.7 Å². The smallest absolute Gasteiger partial charge is 0.220 e. The molecule has 3 nitrogen and oxygen atoms in total. The minimum absolute atomic E-state index is 0.0147. The molecule has 0 bridgehead atoms. The van der Waals surface area contributed by atoms with E-state index in [1.54, 1.807) is 0 Å². The van der Waals surface area contributed by atoms with E-state index in [2.05, 4.69) is 5.32 Å². The number of rotatable bonds is 2. The standard InChI is InChI=1S/C12H13NO2/c1-8-2-4-9(5-3-8)12(15)10-6-7-11(14)13-10/h2-5,10H,6-7H2,1H3,(H,13,14).